The van der Waals surface area contributed by atoms with Gasteiger partial charge in [-0.25, -0.2) is 4.79 Å². The predicted molar refractivity (Wildman–Crippen MR) is 58.7 cm³/mol. The largest absolute Gasteiger partial charge is 0.460 e. The van der Waals surface area contributed by atoms with Crippen LogP contribution in [0.1, 0.15) is 32.1 Å². The summed E-state index contributed by atoms with van der Waals surface area (Å²) < 4.78 is 5.12. The number of nitrogens with zero attached hydrogens (tertiary/aromatic N) is 1. The van der Waals surface area contributed by atoms with Crippen molar-refractivity contribution >= 4 is 11.9 Å². The number of ether oxygens (including phenoxy) is 1. The molecule has 2 aliphatic heterocycles. The normalized spacial score (nSPS) is 27.2. The van der Waals surface area contributed by atoms with E-state index in [0.717, 1.165) is 25.7 Å². The Morgan fingerprint density at radius 1 is 1.25 bits per heavy atom. The standard InChI is InChI=1S/C12H17NO3/c14-11-7-3-1-2-4-9-16-12(15)10-6-5-8-13(10)11/h2,4,10H,1,3,5-9H2/t10-/m0/s1. The van der Waals surface area contributed by atoms with Crippen LogP contribution in [-0.4, -0.2) is 36.0 Å². The van der Waals surface area contributed by atoms with Crippen molar-refractivity contribution in [3.05, 3.63) is 12.2 Å². The molecule has 1 fully saturated rings. The molecule has 2 heterocycles. The number of rotatable bonds is 0. The van der Waals surface area contributed by atoms with Crippen molar-refractivity contribution in [1.29, 1.82) is 0 Å². The van der Waals surface area contributed by atoms with Crippen molar-refractivity contribution in [2.75, 3.05) is 13.2 Å². The summed E-state index contributed by atoms with van der Waals surface area (Å²) in [6.07, 6.45) is 7.74. The lowest BCUT2D eigenvalue weighted by Gasteiger charge is -2.22. The van der Waals surface area contributed by atoms with E-state index in [2.05, 4.69) is 0 Å². The van der Waals surface area contributed by atoms with Crippen LogP contribution in [0.5, 0.6) is 0 Å². The van der Waals surface area contributed by atoms with E-state index in [1.54, 1.807) is 4.90 Å². The highest BCUT2D eigenvalue weighted by molar-refractivity contribution is 5.85. The topological polar surface area (TPSA) is 46.6 Å². The van der Waals surface area contributed by atoms with Crippen molar-refractivity contribution in [2.45, 2.75) is 38.1 Å². The fraction of sp³-hybridized carbons (Fsp3) is 0.667. The van der Waals surface area contributed by atoms with Crippen molar-refractivity contribution in [2.24, 2.45) is 0 Å². The third-order valence-corrected chi connectivity index (χ3v) is 3.10. The van der Waals surface area contributed by atoms with Crippen LogP contribution in [0.4, 0.5) is 0 Å². The van der Waals surface area contributed by atoms with Gasteiger partial charge in [0.1, 0.15) is 12.6 Å². The van der Waals surface area contributed by atoms with Gasteiger partial charge in [0.05, 0.1) is 0 Å². The second-order valence-electron chi connectivity index (χ2n) is 4.24. The lowest BCUT2D eigenvalue weighted by atomic mass is 10.2. The first kappa shape index (κ1) is 11.2. The molecule has 88 valence electrons. The molecule has 2 aliphatic rings. The Bertz CT molecular complexity index is 311. The van der Waals surface area contributed by atoms with Crippen LogP contribution in [0, 0.1) is 0 Å². The molecule has 2 rings (SSSR count). The van der Waals surface area contributed by atoms with E-state index < -0.39 is 0 Å². The monoisotopic (exact) mass is 223 g/mol. The third-order valence-electron chi connectivity index (χ3n) is 3.10. The fourth-order valence-electron chi connectivity index (χ4n) is 2.24. The van der Waals surface area contributed by atoms with E-state index in [0.29, 0.717) is 19.6 Å². The number of amides is 1. The highest BCUT2D eigenvalue weighted by Gasteiger charge is 2.34. The number of fused-ring (bicyclic) bond motifs is 1. The van der Waals surface area contributed by atoms with Gasteiger partial charge >= 0.3 is 5.97 Å². The molecule has 0 unspecified atom stereocenters. The molecule has 0 bridgehead atoms. The molecule has 0 saturated carbocycles. The molecular formula is C12H17NO3. The summed E-state index contributed by atoms with van der Waals surface area (Å²) >= 11 is 0. The molecule has 0 aromatic rings. The SMILES string of the molecule is O=C1OCC=CCCCC(=O)N2CCC[C@@H]12. The lowest BCUT2D eigenvalue weighted by Crippen LogP contribution is -2.41. The van der Waals surface area contributed by atoms with Crippen molar-refractivity contribution in [3.63, 3.8) is 0 Å². The van der Waals surface area contributed by atoms with Gasteiger partial charge < -0.3 is 9.64 Å². The summed E-state index contributed by atoms with van der Waals surface area (Å²) in [5.41, 5.74) is 0. The van der Waals surface area contributed by atoms with Gasteiger partial charge in [0, 0.05) is 13.0 Å². The van der Waals surface area contributed by atoms with Crippen molar-refractivity contribution in [1.82, 2.24) is 4.90 Å². The molecule has 1 saturated heterocycles. The maximum atomic E-state index is 11.9. The van der Waals surface area contributed by atoms with Gasteiger partial charge in [0.25, 0.3) is 0 Å². The van der Waals surface area contributed by atoms with Gasteiger partial charge in [0.15, 0.2) is 0 Å². The molecular weight excluding hydrogens is 206 g/mol. The maximum absolute atomic E-state index is 11.9. The summed E-state index contributed by atoms with van der Waals surface area (Å²) in [7, 11) is 0. The van der Waals surface area contributed by atoms with E-state index in [1.165, 1.54) is 0 Å². The van der Waals surface area contributed by atoms with Gasteiger partial charge in [-0.05, 0) is 25.7 Å². The van der Waals surface area contributed by atoms with Gasteiger partial charge in [-0.3, -0.25) is 4.79 Å². The van der Waals surface area contributed by atoms with E-state index in [-0.39, 0.29) is 17.9 Å². The minimum absolute atomic E-state index is 0.0924. The van der Waals surface area contributed by atoms with Gasteiger partial charge in [0.2, 0.25) is 5.91 Å². The number of cyclic esters (lactones) is 1. The van der Waals surface area contributed by atoms with Gasteiger partial charge in [-0.1, -0.05) is 12.2 Å². The van der Waals surface area contributed by atoms with Crippen LogP contribution in [0.2, 0.25) is 0 Å². The molecule has 0 radical (unpaired) electrons. The molecule has 0 aliphatic carbocycles. The Morgan fingerprint density at radius 3 is 3.00 bits per heavy atom. The average molecular weight is 223 g/mol. The van der Waals surface area contributed by atoms with Crippen molar-refractivity contribution in [3.8, 4) is 0 Å². The molecule has 16 heavy (non-hydrogen) atoms. The van der Waals surface area contributed by atoms with Crippen LogP contribution in [0.25, 0.3) is 0 Å². The molecule has 0 spiro atoms. The summed E-state index contributed by atoms with van der Waals surface area (Å²) in [5, 5.41) is 0. The number of hydrogen-bond acceptors (Lipinski definition) is 3. The quantitative estimate of drug-likeness (QED) is 0.459. The second-order valence-corrected chi connectivity index (χ2v) is 4.24. The zero-order valence-corrected chi connectivity index (χ0v) is 9.35. The van der Waals surface area contributed by atoms with Gasteiger partial charge in [-0.15, -0.1) is 0 Å². The Labute approximate surface area is 95.2 Å². The van der Waals surface area contributed by atoms with Crippen LogP contribution in [0.3, 0.4) is 0 Å². The summed E-state index contributed by atoms with van der Waals surface area (Å²) in [4.78, 5) is 25.3. The van der Waals surface area contributed by atoms with Crippen LogP contribution >= 0.6 is 0 Å². The Morgan fingerprint density at radius 2 is 2.12 bits per heavy atom. The molecule has 1 amide bonds. The predicted octanol–water partition coefficient (Wildman–Crippen LogP) is 1.26. The molecule has 1 atom stereocenters. The summed E-state index contributed by atoms with van der Waals surface area (Å²) in [5.74, 6) is -0.160. The second kappa shape index (κ2) is 5.14. The minimum atomic E-state index is -0.334. The fourth-order valence-corrected chi connectivity index (χ4v) is 2.24. The number of allylic oxidation sites excluding steroid dienone is 1. The van der Waals surface area contributed by atoms with Crippen LogP contribution in [-0.2, 0) is 14.3 Å². The Hall–Kier alpha value is -1.32. The minimum Gasteiger partial charge on any atom is -0.460 e. The summed E-state index contributed by atoms with van der Waals surface area (Å²) in [6.45, 7) is 1.03. The third kappa shape index (κ3) is 2.43. The highest BCUT2D eigenvalue weighted by atomic mass is 16.5. The van der Waals surface area contributed by atoms with Crippen LogP contribution in [0.15, 0.2) is 12.2 Å². The van der Waals surface area contributed by atoms with E-state index in [1.807, 2.05) is 12.2 Å². The Balaban J connectivity index is 2.09. The number of carbonyl (C=O) groups is 2. The molecule has 4 nitrogen and oxygen atoms in total. The number of esters is 1. The lowest BCUT2D eigenvalue weighted by molar-refractivity contribution is -0.152. The van der Waals surface area contributed by atoms with Gasteiger partial charge in [-0.2, -0.15) is 0 Å². The van der Waals surface area contributed by atoms with E-state index in [4.69, 9.17) is 4.74 Å². The summed E-state index contributed by atoms with van der Waals surface area (Å²) in [6, 6.07) is -0.334. The highest BCUT2D eigenvalue weighted by Crippen LogP contribution is 2.20. The zero-order valence-electron chi connectivity index (χ0n) is 9.35. The molecule has 0 aromatic heterocycles. The Kier molecular flexibility index (Phi) is 3.59. The first-order valence-corrected chi connectivity index (χ1v) is 5.90. The van der Waals surface area contributed by atoms with Crippen molar-refractivity contribution < 1.29 is 14.3 Å². The maximum Gasteiger partial charge on any atom is 0.329 e. The van der Waals surface area contributed by atoms with Crippen LogP contribution < -0.4 is 0 Å². The number of carbonyl (C=O) groups excluding carboxylic acids is 2. The molecule has 0 aromatic carbocycles. The number of hydrogen-bond donors (Lipinski definition) is 0. The average Bonchev–Trinajstić information content (AvgIpc) is 2.74. The zero-order chi connectivity index (χ0) is 11.4. The molecule has 0 N–H and O–H groups in total. The first-order valence-electron chi connectivity index (χ1n) is 5.90. The van der Waals surface area contributed by atoms with E-state index >= 15 is 0 Å². The smallest absolute Gasteiger partial charge is 0.329 e. The first-order chi connectivity index (χ1) is 7.79. The van der Waals surface area contributed by atoms with E-state index in [9.17, 15) is 9.59 Å². The molecule has 4 heteroatoms.